The quantitative estimate of drug-likeness (QED) is 0.793. The molecule has 5 heteroatoms. The first kappa shape index (κ1) is 13.8. The number of carbonyl (C=O) groups is 2. The number of hydrogen-bond acceptors (Lipinski definition) is 3. The van der Waals surface area contributed by atoms with Crippen LogP contribution in [0, 0.1) is 5.92 Å². The summed E-state index contributed by atoms with van der Waals surface area (Å²) in [7, 11) is 0. The molecule has 0 heterocycles. The van der Waals surface area contributed by atoms with Gasteiger partial charge in [-0.1, -0.05) is 33.1 Å². The van der Waals surface area contributed by atoms with Crippen molar-refractivity contribution < 1.29 is 19.4 Å². The molecule has 0 aromatic heterocycles. The van der Waals surface area contributed by atoms with E-state index in [-0.39, 0.29) is 5.92 Å². The van der Waals surface area contributed by atoms with Gasteiger partial charge in [-0.2, -0.15) is 0 Å². The summed E-state index contributed by atoms with van der Waals surface area (Å²) < 4.78 is 4.97. The third-order valence-corrected chi connectivity index (χ3v) is 3.01. The molecule has 0 aromatic rings. The second-order valence-corrected chi connectivity index (χ2v) is 5.07. The Balaban J connectivity index is 2.54. The average molecular weight is 243 g/mol. The third kappa shape index (κ3) is 3.91. The third-order valence-electron chi connectivity index (χ3n) is 3.01. The van der Waals surface area contributed by atoms with Crippen LogP contribution < -0.4 is 5.32 Å². The summed E-state index contributed by atoms with van der Waals surface area (Å²) in [5.74, 6) is -0.716. The van der Waals surface area contributed by atoms with E-state index >= 15 is 0 Å². The van der Waals surface area contributed by atoms with Crippen molar-refractivity contribution in [3.8, 4) is 0 Å². The van der Waals surface area contributed by atoms with Gasteiger partial charge in [0.15, 0.2) is 0 Å². The zero-order valence-corrected chi connectivity index (χ0v) is 10.5. The maximum Gasteiger partial charge on any atom is 0.408 e. The summed E-state index contributed by atoms with van der Waals surface area (Å²) in [6.07, 6.45) is 3.03. The molecule has 0 aromatic carbocycles. The first-order chi connectivity index (χ1) is 7.96. The molecule has 1 rings (SSSR count). The monoisotopic (exact) mass is 243 g/mol. The highest BCUT2D eigenvalue weighted by molar-refractivity contribution is 5.84. The molecule has 17 heavy (non-hydrogen) atoms. The van der Waals surface area contributed by atoms with E-state index in [9.17, 15) is 14.7 Å². The van der Waals surface area contributed by atoms with Crippen molar-refractivity contribution in [3.63, 3.8) is 0 Å². The smallest absolute Gasteiger partial charge is 0.408 e. The number of nitrogens with one attached hydrogen (secondary N) is 1. The second kappa shape index (κ2) is 5.89. The molecule has 5 nitrogen and oxygen atoms in total. The molecule has 0 unspecified atom stereocenters. The molecule has 0 atom stereocenters. The Kier molecular flexibility index (Phi) is 4.78. The molecule has 0 aliphatic heterocycles. The van der Waals surface area contributed by atoms with Crippen molar-refractivity contribution in [2.45, 2.75) is 51.5 Å². The number of alkyl carbamates (subject to hydrolysis) is 1. The average Bonchev–Trinajstić information content (AvgIpc) is 2.27. The molecule has 0 bridgehead atoms. The van der Waals surface area contributed by atoms with E-state index in [0.29, 0.717) is 19.4 Å². The number of carboxylic acids is 1. The number of aliphatic carboxylic acids is 1. The first-order valence-corrected chi connectivity index (χ1v) is 6.14. The number of carboxylic acid groups (broad SMARTS) is 1. The minimum Gasteiger partial charge on any atom is -0.480 e. The van der Waals surface area contributed by atoms with Crippen LogP contribution in [-0.4, -0.2) is 29.3 Å². The van der Waals surface area contributed by atoms with Gasteiger partial charge in [0.1, 0.15) is 5.54 Å². The molecule has 2 N–H and O–H groups in total. The molecule has 0 spiro atoms. The van der Waals surface area contributed by atoms with E-state index in [4.69, 9.17) is 4.74 Å². The molecule has 1 aliphatic rings. The highest BCUT2D eigenvalue weighted by atomic mass is 16.5. The summed E-state index contributed by atoms with van der Waals surface area (Å²) in [5.41, 5.74) is -1.12. The van der Waals surface area contributed by atoms with Crippen LogP contribution in [0.3, 0.4) is 0 Å². The minimum atomic E-state index is -1.12. The van der Waals surface area contributed by atoms with Gasteiger partial charge in [-0.25, -0.2) is 9.59 Å². The zero-order valence-electron chi connectivity index (χ0n) is 10.5. The lowest BCUT2D eigenvalue weighted by Gasteiger charge is -2.33. The van der Waals surface area contributed by atoms with Crippen LogP contribution in [0.5, 0.6) is 0 Å². The normalized spacial score (nSPS) is 18.8. The van der Waals surface area contributed by atoms with E-state index in [1.807, 2.05) is 13.8 Å². The molecular formula is C12H21NO4. The lowest BCUT2D eigenvalue weighted by molar-refractivity contribution is -0.146. The summed E-state index contributed by atoms with van der Waals surface area (Å²) >= 11 is 0. The predicted molar refractivity (Wildman–Crippen MR) is 62.8 cm³/mol. The Labute approximate surface area is 102 Å². The highest BCUT2D eigenvalue weighted by Crippen LogP contribution is 2.28. The van der Waals surface area contributed by atoms with Gasteiger partial charge in [0.25, 0.3) is 0 Å². The number of rotatable bonds is 4. The van der Waals surface area contributed by atoms with Gasteiger partial charge < -0.3 is 15.2 Å². The number of carbonyl (C=O) groups excluding carboxylic acids is 1. The highest BCUT2D eigenvalue weighted by Gasteiger charge is 2.41. The Morgan fingerprint density at radius 2 is 1.88 bits per heavy atom. The largest absolute Gasteiger partial charge is 0.480 e. The molecule has 1 amide bonds. The lowest BCUT2D eigenvalue weighted by Crippen LogP contribution is -2.55. The molecule has 0 radical (unpaired) electrons. The summed E-state index contributed by atoms with van der Waals surface area (Å²) in [4.78, 5) is 22.8. The van der Waals surface area contributed by atoms with E-state index in [0.717, 1.165) is 19.3 Å². The Morgan fingerprint density at radius 1 is 1.29 bits per heavy atom. The molecule has 1 saturated carbocycles. The van der Waals surface area contributed by atoms with Crippen LogP contribution in [0.25, 0.3) is 0 Å². The Bertz CT molecular complexity index is 282. The fraction of sp³-hybridized carbons (Fsp3) is 0.833. The van der Waals surface area contributed by atoms with E-state index in [1.54, 1.807) is 0 Å². The fourth-order valence-corrected chi connectivity index (χ4v) is 2.02. The van der Waals surface area contributed by atoms with Crippen molar-refractivity contribution in [3.05, 3.63) is 0 Å². The second-order valence-electron chi connectivity index (χ2n) is 5.07. The maximum absolute atomic E-state index is 11.5. The van der Waals surface area contributed by atoms with E-state index in [1.165, 1.54) is 0 Å². The van der Waals surface area contributed by atoms with Crippen molar-refractivity contribution in [2.24, 2.45) is 5.92 Å². The van der Waals surface area contributed by atoms with E-state index < -0.39 is 17.6 Å². The van der Waals surface area contributed by atoms with Crippen molar-refractivity contribution in [1.82, 2.24) is 5.32 Å². The van der Waals surface area contributed by atoms with Gasteiger partial charge in [-0.3, -0.25) is 0 Å². The van der Waals surface area contributed by atoms with E-state index in [2.05, 4.69) is 5.32 Å². The SMILES string of the molecule is CC(C)COC(=O)NC1(C(=O)O)CCCCC1. The van der Waals surface area contributed by atoms with Gasteiger partial charge in [-0.15, -0.1) is 0 Å². The molecule has 1 aliphatic carbocycles. The molecule has 1 fully saturated rings. The summed E-state index contributed by atoms with van der Waals surface area (Å²) in [6.45, 7) is 4.17. The van der Waals surface area contributed by atoms with Crippen LogP contribution in [0.1, 0.15) is 46.0 Å². The Morgan fingerprint density at radius 3 is 2.35 bits per heavy atom. The van der Waals surface area contributed by atoms with Crippen LogP contribution in [0.2, 0.25) is 0 Å². The van der Waals surface area contributed by atoms with Gasteiger partial charge >= 0.3 is 12.1 Å². The van der Waals surface area contributed by atoms with Crippen LogP contribution in [0.15, 0.2) is 0 Å². The first-order valence-electron chi connectivity index (χ1n) is 6.14. The molecule has 0 saturated heterocycles. The van der Waals surface area contributed by atoms with Gasteiger partial charge in [0.05, 0.1) is 6.61 Å². The summed E-state index contributed by atoms with van der Waals surface area (Å²) in [5, 5.41) is 11.8. The van der Waals surface area contributed by atoms with Crippen LogP contribution >= 0.6 is 0 Å². The predicted octanol–water partition coefficient (Wildman–Crippen LogP) is 2.16. The lowest BCUT2D eigenvalue weighted by atomic mass is 9.82. The fourth-order valence-electron chi connectivity index (χ4n) is 2.02. The van der Waals surface area contributed by atoms with Crippen molar-refractivity contribution >= 4 is 12.1 Å². The standard InChI is InChI=1S/C12H21NO4/c1-9(2)8-17-11(16)13-12(10(14)15)6-4-3-5-7-12/h9H,3-8H2,1-2H3,(H,13,16)(H,14,15). The van der Waals surface area contributed by atoms with Gasteiger partial charge in [-0.05, 0) is 18.8 Å². The van der Waals surface area contributed by atoms with Gasteiger partial charge in [0.2, 0.25) is 0 Å². The number of amides is 1. The summed E-state index contributed by atoms with van der Waals surface area (Å²) in [6, 6.07) is 0. The zero-order chi connectivity index (χ0) is 12.9. The maximum atomic E-state index is 11.5. The topological polar surface area (TPSA) is 75.6 Å². The molecule has 98 valence electrons. The molecular weight excluding hydrogens is 222 g/mol. The van der Waals surface area contributed by atoms with Gasteiger partial charge in [0, 0.05) is 0 Å². The van der Waals surface area contributed by atoms with Crippen molar-refractivity contribution in [2.75, 3.05) is 6.61 Å². The number of hydrogen-bond donors (Lipinski definition) is 2. The van der Waals surface area contributed by atoms with Crippen molar-refractivity contribution in [1.29, 1.82) is 0 Å². The minimum absolute atomic E-state index is 0.243. The van der Waals surface area contributed by atoms with Crippen LogP contribution in [0.4, 0.5) is 4.79 Å². The van der Waals surface area contributed by atoms with Crippen LogP contribution in [-0.2, 0) is 9.53 Å². The number of ether oxygens (including phenoxy) is 1. The Hall–Kier alpha value is -1.26.